The number of rotatable bonds is 4. The molecule has 0 saturated carbocycles. The van der Waals surface area contributed by atoms with Gasteiger partial charge in [0.15, 0.2) is 5.78 Å². The normalized spacial score (nSPS) is 10.1. The first-order chi connectivity index (χ1) is 8.70. The van der Waals surface area contributed by atoms with Crippen LogP contribution in [0.1, 0.15) is 15.9 Å². The molecule has 1 aromatic carbocycles. The van der Waals surface area contributed by atoms with Crippen LogP contribution >= 0.6 is 11.6 Å². The number of ketones is 1. The number of hydrogen-bond acceptors (Lipinski definition) is 3. The van der Waals surface area contributed by atoms with Crippen molar-refractivity contribution in [3.05, 3.63) is 58.9 Å². The number of carbonyl (C=O) groups is 1. The van der Waals surface area contributed by atoms with Crippen molar-refractivity contribution in [2.24, 2.45) is 0 Å². The molecule has 0 spiro atoms. The molecule has 0 aliphatic rings. The minimum Gasteiger partial charge on any atom is -0.494 e. The van der Waals surface area contributed by atoms with Gasteiger partial charge in [0, 0.05) is 17.6 Å². The SMILES string of the molecule is COc1cnccc1C(=O)Cc1cccc(Cl)c1. The number of pyridine rings is 1. The zero-order chi connectivity index (χ0) is 13.0. The lowest BCUT2D eigenvalue weighted by Gasteiger charge is -2.06. The smallest absolute Gasteiger partial charge is 0.171 e. The average molecular weight is 262 g/mol. The zero-order valence-electron chi connectivity index (χ0n) is 9.89. The number of benzene rings is 1. The molecule has 0 saturated heterocycles. The molecule has 1 aromatic heterocycles. The van der Waals surface area contributed by atoms with Gasteiger partial charge in [-0.3, -0.25) is 9.78 Å². The minimum absolute atomic E-state index is 0.0171. The van der Waals surface area contributed by atoms with E-state index in [4.69, 9.17) is 16.3 Å². The van der Waals surface area contributed by atoms with E-state index >= 15 is 0 Å². The summed E-state index contributed by atoms with van der Waals surface area (Å²) in [5, 5.41) is 0.627. The van der Waals surface area contributed by atoms with Crippen molar-refractivity contribution < 1.29 is 9.53 Å². The van der Waals surface area contributed by atoms with Crippen LogP contribution in [0.3, 0.4) is 0 Å². The molecule has 0 atom stereocenters. The van der Waals surface area contributed by atoms with Crippen LogP contribution in [0.2, 0.25) is 5.02 Å². The van der Waals surface area contributed by atoms with Gasteiger partial charge in [0.2, 0.25) is 0 Å². The highest BCUT2D eigenvalue weighted by Gasteiger charge is 2.12. The van der Waals surface area contributed by atoms with Crippen LogP contribution in [0.15, 0.2) is 42.7 Å². The number of ether oxygens (including phenoxy) is 1. The van der Waals surface area contributed by atoms with E-state index in [-0.39, 0.29) is 5.78 Å². The first-order valence-corrected chi connectivity index (χ1v) is 5.84. The van der Waals surface area contributed by atoms with E-state index in [0.717, 1.165) is 5.56 Å². The average Bonchev–Trinajstić information content (AvgIpc) is 2.38. The van der Waals surface area contributed by atoms with Crippen LogP contribution in [0, 0.1) is 0 Å². The molecule has 18 heavy (non-hydrogen) atoms. The Hall–Kier alpha value is -1.87. The van der Waals surface area contributed by atoms with Crippen molar-refractivity contribution >= 4 is 17.4 Å². The maximum atomic E-state index is 12.2. The van der Waals surface area contributed by atoms with Crippen LogP contribution < -0.4 is 4.74 Å². The van der Waals surface area contributed by atoms with Crippen molar-refractivity contribution in [3.63, 3.8) is 0 Å². The fourth-order valence-corrected chi connectivity index (χ4v) is 1.91. The summed E-state index contributed by atoms with van der Waals surface area (Å²) in [6.45, 7) is 0. The van der Waals surface area contributed by atoms with Crippen molar-refractivity contribution in [1.29, 1.82) is 0 Å². The second-order valence-electron chi connectivity index (χ2n) is 3.81. The van der Waals surface area contributed by atoms with Crippen LogP contribution in [0.25, 0.3) is 0 Å². The molecule has 0 amide bonds. The second kappa shape index (κ2) is 5.65. The molecule has 0 aliphatic heterocycles. The predicted molar refractivity (Wildman–Crippen MR) is 70.3 cm³/mol. The van der Waals surface area contributed by atoms with Crippen LogP contribution in [0.5, 0.6) is 5.75 Å². The Labute approximate surface area is 110 Å². The highest BCUT2D eigenvalue weighted by molar-refractivity contribution is 6.30. The van der Waals surface area contributed by atoms with Gasteiger partial charge in [0.25, 0.3) is 0 Å². The number of nitrogens with zero attached hydrogens (tertiary/aromatic N) is 1. The molecular formula is C14H12ClNO2. The molecular weight excluding hydrogens is 250 g/mol. The first kappa shape index (κ1) is 12.6. The van der Waals surface area contributed by atoms with Crippen molar-refractivity contribution in [3.8, 4) is 5.75 Å². The fourth-order valence-electron chi connectivity index (χ4n) is 1.70. The van der Waals surface area contributed by atoms with Gasteiger partial charge in [-0.05, 0) is 23.8 Å². The number of hydrogen-bond donors (Lipinski definition) is 0. The highest BCUT2D eigenvalue weighted by atomic mass is 35.5. The van der Waals surface area contributed by atoms with Gasteiger partial charge < -0.3 is 4.74 Å². The fraction of sp³-hybridized carbons (Fsp3) is 0.143. The maximum absolute atomic E-state index is 12.2. The Morgan fingerprint density at radius 1 is 1.39 bits per heavy atom. The highest BCUT2D eigenvalue weighted by Crippen LogP contribution is 2.19. The van der Waals surface area contributed by atoms with Crippen molar-refractivity contribution in [2.45, 2.75) is 6.42 Å². The topological polar surface area (TPSA) is 39.2 Å². The Morgan fingerprint density at radius 2 is 2.22 bits per heavy atom. The molecule has 2 rings (SSSR count). The summed E-state index contributed by atoms with van der Waals surface area (Å²) in [6.07, 6.45) is 3.40. The molecule has 0 bridgehead atoms. The summed E-state index contributed by atoms with van der Waals surface area (Å²) in [4.78, 5) is 16.1. The van der Waals surface area contributed by atoms with Crippen LogP contribution in [-0.2, 0) is 6.42 Å². The molecule has 0 unspecified atom stereocenters. The van der Waals surface area contributed by atoms with Gasteiger partial charge in [-0.25, -0.2) is 0 Å². The van der Waals surface area contributed by atoms with Gasteiger partial charge in [-0.2, -0.15) is 0 Å². The minimum atomic E-state index is -0.0171. The third kappa shape index (κ3) is 2.87. The van der Waals surface area contributed by atoms with Gasteiger partial charge in [0.1, 0.15) is 5.75 Å². The van der Waals surface area contributed by atoms with E-state index in [9.17, 15) is 4.79 Å². The van der Waals surface area contributed by atoms with Gasteiger partial charge in [-0.1, -0.05) is 23.7 Å². The summed E-state index contributed by atoms with van der Waals surface area (Å²) in [6, 6.07) is 8.92. The van der Waals surface area contributed by atoms with Crippen LogP contribution in [0.4, 0.5) is 0 Å². The third-order valence-electron chi connectivity index (χ3n) is 2.56. The number of carbonyl (C=O) groups excluding carboxylic acids is 1. The zero-order valence-corrected chi connectivity index (χ0v) is 10.6. The Morgan fingerprint density at radius 3 is 2.94 bits per heavy atom. The summed E-state index contributed by atoms with van der Waals surface area (Å²) in [5.74, 6) is 0.473. The van der Waals surface area contributed by atoms with E-state index in [1.807, 2.05) is 12.1 Å². The van der Waals surface area contributed by atoms with Crippen molar-refractivity contribution in [1.82, 2.24) is 4.98 Å². The summed E-state index contributed by atoms with van der Waals surface area (Å²) in [7, 11) is 1.52. The third-order valence-corrected chi connectivity index (χ3v) is 2.79. The summed E-state index contributed by atoms with van der Waals surface area (Å²) >= 11 is 5.89. The lowest BCUT2D eigenvalue weighted by molar-refractivity contribution is 0.0990. The molecule has 92 valence electrons. The van der Waals surface area contributed by atoms with Crippen molar-refractivity contribution in [2.75, 3.05) is 7.11 Å². The monoisotopic (exact) mass is 261 g/mol. The Balaban J connectivity index is 2.22. The molecule has 1 heterocycles. The molecule has 4 heteroatoms. The maximum Gasteiger partial charge on any atom is 0.171 e. The van der Waals surface area contributed by atoms with Crippen LogP contribution in [-0.4, -0.2) is 17.9 Å². The van der Waals surface area contributed by atoms with Gasteiger partial charge in [-0.15, -0.1) is 0 Å². The van der Waals surface area contributed by atoms with E-state index in [0.29, 0.717) is 22.8 Å². The summed E-state index contributed by atoms with van der Waals surface area (Å²) in [5.41, 5.74) is 1.42. The molecule has 0 radical (unpaired) electrons. The molecule has 0 aliphatic carbocycles. The number of aromatic nitrogens is 1. The lowest BCUT2D eigenvalue weighted by Crippen LogP contribution is -2.06. The standard InChI is InChI=1S/C14H12ClNO2/c1-18-14-9-16-6-5-12(14)13(17)8-10-3-2-4-11(15)7-10/h2-7,9H,8H2,1H3. The molecule has 0 N–H and O–H groups in total. The Kier molecular flexibility index (Phi) is 3.95. The van der Waals surface area contributed by atoms with E-state index in [1.165, 1.54) is 13.3 Å². The quantitative estimate of drug-likeness (QED) is 0.794. The number of Topliss-reactive ketones (excluding diaryl/α,β-unsaturated/α-hetero) is 1. The van der Waals surface area contributed by atoms with E-state index in [2.05, 4.69) is 4.98 Å². The molecule has 2 aromatic rings. The van der Waals surface area contributed by atoms with Gasteiger partial charge >= 0.3 is 0 Å². The van der Waals surface area contributed by atoms with E-state index < -0.39 is 0 Å². The second-order valence-corrected chi connectivity index (χ2v) is 4.24. The Bertz CT molecular complexity index is 569. The largest absolute Gasteiger partial charge is 0.494 e. The van der Waals surface area contributed by atoms with E-state index in [1.54, 1.807) is 24.4 Å². The van der Waals surface area contributed by atoms with Gasteiger partial charge in [0.05, 0.1) is 18.9 Å². The first-order valence-electron chi connectivity index (χ1n) is 5.46. The summed E-state index contributed by atoms with van der Waals surface area (Å²) < 4.78 is 5.12. The molecule has 0 fully saturated rings. The number of methoxy groups -OCH3 is 1. The lowest BCUT2D eigenvalue weighted by atomic mass is 10.0. The predicted octanol–water partition coefficient (Wildman–Crippen LogP) is 3.17. The number of halogens is 1. The molecule has 3 nitrogen and oxygen atoms in total.